The predicted octanol–water partition coefficient (Wildman–Crippen LogP) is 1.33. The van der Waals surface area contributed by atoms with Gasteiger partial charge in [-0.15, -0.1) is 0 Å². The molecule has 1 rings (SSSR count). The summed E-state index contributed by atoms with van der Waals surface area (Å²) in [5.74, 6) is -1.30. The molecule has 0 aromatic heterocycles. The third-order valence-electron chi connectivity index (χ3n) is 2.70. The second-order valence-corrected chi connectivity index (χ2v) is 5.31. The second-order valence-electron chi connectivity index (χ2n) is 5.31. The molecule has 1 aliphatic rings. The molecule has 6 nitrogen and oxygen atoms in total. The van der Waals surface area contributed by atoms with Gasteiger partial charge in [-0.05, 0) is 19.8 Å². The van der Waals surface area contributed by atoms with Crippen molar-refractivity contribution >= 4 is 18.0 Å². The third-order valence-corrected chi connectivity index (χ3v) is 2.70. The van der Waals surface area contributed by atoms with Crippen molar-refractivity contribution in [2.45, 2.75) is 46.3 Å². The van der Waals surface area contributed by atoms with Gasteiger partial charge in [0, 0.05) is 6.92 Å². The van der Waals surface area contributed by atoms with Crippen LogP contribution >= 0.6 is 0 Å². The summed E-state index contributed by atoms with van der Waals surface area (Å²) in [6.45, 7) is 8.32. The van der Waals surface area contributed by atoms with Crippen LogP contribution in [0.4, 0.5) is 4.79 Å². The van der Waals surface area contributed by atoms with Crippen molar-refractivity contribution in [2.75, 3.05) is 6.61 Å². The van der Waals surface area contributed by atoms with Gasteiger partial charge in [0.05, 0.1) is 5.54 Å². The molecule has 1 saturated heterocycles. The van der Waals surface area contributed by atoms with E-state index in [1.54, 1.807) is 27.7 Å². The van der Waals surface area contributed by atoms with Crippen molar-refractivity contribution < 1.29 is 23.9 Å². The van der Waals surface area contributed by atoms with Gasteiger partial charge in [0.25, 0.3) is 5.91 Å². The van der Waals surface area contributed by atoms with Crippen LogP contribution in [0.3, 0.4) is 0 Å². The fourth-order valence-electron chi connectivity index (χ4n) is 1.78. The lowest BCUT2D eigenvalue weighted by atomic mass is 10.0. The van der Waals surface area contributed by atoms with E-state index in [9.17, 15) is 14.4 Å². The van der Waals surface area contributed by atoms with Crippen molar-refractivity contribution in [2.24, 2.45) is 5.92 Å². The standard InChI is InChI=1S/C12H19NO5/c1-7(2)9(18-8(3)14)10(15)13-11(16)17-6-12(13,4)5/h7,9H,6H2,1-5H3. The highest BCUT2D eigenvalue weighted by atomic mass is 16.6. The van der Waals surface area contributed by atoms with Gasteiger partial charge in [0.1, 0.15) is 6.61 Å². The van der Waals surface area contributed by atoms with Gasteiger partial charge in [-0.3, -0.25) is 9.59 Å². The number of hydrogen-bond donors (Lipinski definition) is 0. The topological polar surface area (TPSA) is 72.9 Å². The first-order valence-electron chi connectivity index (χ1n) is 5.85. The Morgan fingerprint density at radius 1 is 1.39 bits per heavy atom. The van der Waals surface area contributed by atoms with E-state index in [1.165, 1.54) is 6.92 Å². The van der Waals surface area contributed by atoms with E-state index >= 15 is 0 Å². The van der Waals surface area contributed by atoms with Crippen LogP contribution in [0.5, 0.6) is 0 Å². The average Bonchev–Trinajstić information content (AvgIpc) is 2.48. The minimum atomic E-state index is -0.965. The van der Waals surface area contributed by atoms with Crippen molar-refractivity contribution in [3.05, 3.63) is 0 Å². The molecule has 18 heavy (non-hydrogen) atoms. The Bertz CT molecular complexity index is 375. The first-order chi connectivity index (χ1) is 8.16. The van der Waals surface area contributed by atoms with Gasteiger partial charge < -0.3 is 9.47 Å². The molecule has 0 spiro atoms. The zero-order valence-corrected chi connectivity index (χ0v) is 11.4. The Morgan fingerprint density at radius 2 is 1.94 bits per heavy atom. The van der Waals surface area contributed by atoms with Crippen molar-refractivity contribution in [3.63, 3.8) is 0 Å². The maximum atomic E-state index is 12.3. The molecular weight excluding hydrogens is 238 g/mol. The number of amides is 2. The summed E-state index contributed by atoms with van der Waals surface area (Å²) in [7, 11) is 0. The maximum Gasteiger partial charge on any atom is 0.417 e. The second kappa shape index (κ2) is 4.96. The summed E-state index contributed by atoms with van der Waals surface area (Å²) in [5.41, 5.74) is -0.721. The smallest absolute Gasteiger partial charge is 0.417 e. The van der Waals surface area contributed by atoms with Crippen LogP contribution in [0.1, 0.15) is 34.6 Å². The summed E-state index contributed by atoms with van der Waals surface area (Å²) >= 11 is 0. The molecule has 1 heterocycles. The summed E-state index contributed by atoms with van der Waals surface area (Å²) in [4.78, 5) is 35.9. The molecule has 1 unspecified atom stereocenters. The Balaban J connectivity index is 2.95. The number of rotatable bonds is 3. The largest absolute Gasteiger partial charge is 0.452 e. The minimum absolute atomic E-state index is 0.141. The SMILES string of the molecule is CC(=O)OC(C(=O)N1C(=O)OCC1(C)C)C(C)C. The minimum Gasteiger partial charge on any atom is -0.452 e. The van der Waals surface area contributed by atoms with Crippen LogP contribution in [0, 0.1) is 5.92 Å². The van der Waals surface area contributed by atoms with Gasteiger partial charge in [0.2, 0.25) is 0 Å². The molecule has 0 aliphatic carbocycles. The fraction of sp³-hybridized carbons (Fsp3) is 0.750. The Hall–Kier alpha value is -1.59. The molecule has 0 aromatic carbocycles. The van der Waals surface area contributed by atoms with Crippen molar-refractivity contribution in [3.8, 4) is 0 Å². The number of hydrogen-bond acceptors (Lipinski definition) is 5. The first-order valence-corrected chi connectivity index (χ1v) is 5.85. The Morgan fingerprint density at radius 3 is 2.28 bits per heavy atom. The van der Waals surface area contributed by atoms with Crippen molar-refractivity contribution in [1.82, 2.24) is 4.90 Å². The van der Waals surface area contributed by atoms with E-state index in [4.69, 9.17) is 9.47 Å². The molecule has 1 atom stereocenters. The van der Waals surface area contributed by atoms with Gasteiger partial charge in [-0.1, -0.05) is 13.8 Å². The van der Waals surface area contributed by atoms with E-state index in [-0.39, 0.29) is 12.5 Å². The number of ether oxygens (including phenoxy) is 2. The number of carbonyl (C=O) groups is 3. The average molecular weight is 257 g/mol. The molecule has 102 valence electrons. The van der Waals surface area contributed by atoms with Crippen LogP contribution < -0.4 is 0 Å². The van der Waals surface area contributed by atoms with Crippen LogP contribution in [0.25, 0.3) is 0 Å². The van der Waals surface area contributed by atoms with Crippen LogP contribution in [0.2, 0.25) is 0 Å². The molecule has 2 amide bonds. The van der Waals surface area contributed by atoms with E-state index in [0.717, 1.165) is 4.90 Å². The van der Waals surface area contributed by atoms with E-state index in [1.807, 2.05) is 0 Å². The lowest BCUT2D eigenvalue weighted by molar-refractivity contribution is -0.161. The maximum absolute atomic E-state index is 12.3. The monoisotopic (exact) mass is 257 g/mol. The van der Waals surface area contributed by atoms with E-state index in [0.29, 0.717) is 0 Å². The number of carbonyl (C=O) groups excluding carboxylic acids is 3. The normalized spacial score (nSPS) is 19.7. The molecule has 1 aliphatic heterocycles. The highest BCUT2D eigenvalue weighted by Gasteiger charge is 2.47. The van der Waals surface area contributed by atoms with Gasteiger partial charge in [0.15, 0.2) is 6.10 Å². The zero-order chi connectivity index (χ0) is 14.1. The van der Waals surface area contributed by atoms with Crippen LogP contribution in [0.15, 0.2) is 0 Å². The molecule has 0 radical (unpaired) electrons. The number of cyclic esters (lactones) is 1. The predicted molar refractivity (Wildman–Crippen MR) is 62.7 cm³/mol. The van der Waals surface area contributed by atoms with Gasteiger partial charge >= 0.3 is 12.1 Å². The lowest BCUT2D eigenvalue weighted by Crippen LogP contribution is -2.52. The molecule has 0 aromatic rings. The zero-order valence-electron chi connectivity index (χ0n) is 11.4. The van der Waals surface area contributed by atoms with Gasteiger partial charge in [-0.25, -0.2) is 9.69 Å². The molecule has 0 saturated carbocycles. The highest BCUT2D eigenvalue weighted by Crippen LogP contribution is 2.26. The summed E-state index contributed by atoms with van der Waals surface area (Å²) in [6.07, 6.45) is -1.66. The molecular formula is C12H19NO5. The number of nitrogens with zero attached hydrogens (tertiary/aromatic N) is 1. The third kappa shape index (κ3) is 2.80. The van der Waals surface area contributed by atoms with E-state index in [2.05, 4.69) is 0 Å². The summed E-state index contributed by atoms with van der Waals surface area (Å²) in [6, 6.07) is 0. The first kappa shape index (κ1) is 14.5. The molecule has 0 bridgehead atoms. The van der Waals surface area contributed by atoms with E-state index < -0.39 is 29.6 Å². The number of esters is 1. The van der Waals surface area contributed by atoms with Crippen LogP contribution in [-0.4, -0.2) is 41.1 Å². The quantitative estimate of drug-likeness (QED) is 0.713. The Kier molecular flexibility index (Phi) is 3.98. The molecule has 6 heteroatoms. The highest BCUT2D eigenvalue weighted by molar-refractivity contribution is 5.97. The van der Waals surface area contributed by atoms with Gasteiger partial charge in [-0.2, -0.15) is 0 Å². The fourth-order valence-corrected chi connectivity index (χ4v) is 1.78. The number of imide groups is 1. The summed E-state index contributed by atoms with van der Waals surface area (Å²) in [5, 5.41) is 0. The molecule has 1 fully saturated rings. The lowest BCUT2D eigenvalue weighted by Gasteiger charge is -2.30. The molecule has 0 N–H and O–H groups in total. The van der Waals surface area contributed by atoms with Crippen LogP contribution in [-0.2, 0) is 19.1 Å². The van der Waals surface area contributed by atoms with Crippen molar-refractivity contribution in [1.29, 1.82) is 0 Å². The Labute approximate surface area is 106 Å². The summed E-state index contributed by atoms with van der Waals surface area (Å²) < 4.78 is 9.85.